The molecule has 5 heteroatoms. The number of carboxylic acid groups (broad SMARTS) is 1. The lowest BCUT2D eigenvalue weighted by atomic mass is 10.0. The maximum atomic E-state index is 14.4. The number of aryl methyl sites for hydroxylation is 2. The zero-order valence-corrected chi connectivity index (χ0v) is 15.9. The summed E-state index contributed by atoms with van der Waals surface area (Å²) < 4.78 is 33.2. The lowest BCUT2D eigenvalue weighted by Crippen LogP contribution is -2.05. The van der Waals surface area contributed by atoms with Crippen LogP contribution in [0.5, 0.6) is 5.75 Å². The third kappa shape index (κ3) is 5.18. The second-order valence-corrected chi connectivity index (χ2v) is 7.26. The minimum Gasteiger partial charge on any atom is -0.486 e. The van der Waals surface area contributed by atoms with Crippen LogP contribution in [0.15, 0.2) is 47.5 Å². The highest BCUT2D eigenvalue weighted by Gasteiger charge is 2.17. The van der Waals surface area contributed by atoms with Gasteiger partial charge >= 0.3 is 5.97 Å². The molecule has 1 aliphatic rings. The number of allylic oxidation sites excluding steroid dienone is 1. The van der Waals surface area contributed by atoms with E-state index in [4.69, 9.17) is 9.84 Å². The van der Waals surface area contributed by atoms with Crippen LogP contribution in [0.1, 0.15) is 42.4 Å². The highest BCUT2D eigenvalue weighted by molar-refractivity contribution is 5.67. The second-order valence-electron chi connectivity index (χ2n) is 7.26. The van der Waals surface area contributed by atoms with E-state index < -0.39 is 11.8 Å². The fraction of sp³-hybridized carbons (Fsp3) is 0.348. The first-order valence-electron chi connectivity index (χ1n) is 9.50. The van der Waals surface area contributed by atoms with Gasteiger partial charge in [0.2, 0.25) is 0 Å². The summed E-state index contributed by atoms with van der Waals surface area (Å²) in [4.78, 5) is 10.7. The minimum absolute atomic E-state index is 0.0277. The van der Waals surface area contributed by atoms with Crippen molar-refractivity contribution in [1.29, 1.82) is 0 Å². The summed E-state index contributed by atoms with van der Waals surface area (Å²) in [6, 6.07) is 9.52. The largest absolute Gasteiger partial charge is 0.486 e. The molecule has 0 aliphatic heterocycles. The van der Waals surface area contributed by atoms with Crippen molar-refractivity contribution >= 4 is 5.97 Å². The van der Waals surface area contributed by atoms with E-state index in [0.717, 1.165) is 36.8 Å². The molecule has 0 unspecified atom stereocenters. The van der Waals surface area contributed by atoms with Crippen LogP contribution in [0.4, 0.5) is 8.78 Å². The minimum atomic E-state index is -0.901. The number of rotatable bonds is 8. The smallest absolute Gasteiger partial charge is 0.303 e. The van der Waals surface area contributed by atoms with Crippen LogP contribution in [0.25, 0.3) is 0 Å². The Morgan fingerprint density at radius 1 is 1.11 bits per heavy atom. The molecule has 2 aromatic carbocycles. The zero-order valence-electron chi connectivity index (χ0n) is 15.9. The van der Waals surface area contributed by atoms with Crippen molar-refractivity contribution in [3.05, 3.63) is 75.9 Å². The maximum Gasteiger partial charge on any atom is 0.303 e. The van der Waals surface area contributed by atoms with Gasteiger partial charge in [0.1, 0.15) is 12.4 Å². The summed E-state index contributed by atoms with van der Waals surface area (Å²) >= 11 is 0. The molecule has 148 valence electrons. The summed E-state index contributed by atoms with van der Waals surface area (Å²) in [6.07, 6.45) is 3.98. The third-order valence-corrected chi connectivity index (χ3v) is 5.19. The van der Waals surface area contributed by atoms with E-state index in [1.54, 1.807) is 18.2 Å². The van der Waals surface area contributed by atoms with Gasteiger partial charge in [-0.15, -0.1) is 0 Å². The van der Waals surface area contributed by atoms with E-state index in [-0.39, 0.29) is 18.0 Å². The number of halogens is 2. The van der Waals surface area contributed by atoms with E-state index in [9.17, 15) is 13.6 Å². The van der Waals surface area contributed by atoms with Crippen LogP contribution in [-0.4, -0.2) is 17.7 Å². The van der Waals surface area contributed by atoms with Gasteiger partial charge < -0.3 is 9.84 Å². The van der Waals surface area contributed by atoms with Crippen molar-refractivity contribution in [2.24, 2.45) is 0 Å². The maximum absolute atomic E-state index is 14.4. The molecule has 0 radical (unpaired) electrons. The fourth-order valence-electron chi connectivity index (χ4n) is 3.59. The van der Waals surface area contributed by atoms with Crippen molar-refractivity contribution in [1.82, 2.24) is 0 Å². The van der Waals surface area contributed by atoms with Crippen LogP contribution in [-0.2, 0) is 17.6 Å². The summed E-state index contributed by atoms with van der Waals surface area (Å²) in [5, 5.41) is 8.80. The van der Waals surface area contributed by atoms with Gasteiger partial charge in [-0.1, -0.05) is 17.7 Å². The van der Waals surface area contributed by atoms with Gasteiger partial charge in [-0.25, -0.2) is 8.78 Å². The predicted octanol–water partition coefficient (Wildman–Crippen LogP) is 5.39. The zero-order chi connectivity index (χ0) is 20.1. The van der Waals surface area contributed by atoms with Crippen molar-refractivity contribution in [3.63, 3.8) is 0 Å². The molecule has 0 fully saturated rings. The molecule has 3 nitrogen and oxygen atoms in total. The number of ether oxygens (including phenoxy) is 1. The van der Waals surface area contributed by atoms with Crippen molar-refractivity contribution in [3.8, 4) is 5.75 Å². The third-order valence-electron chi connectivity index (χ3n) is 5.19. The number of carbonyl (C=O) groups is 1. The summed E-state index contributed by atoms with van der Waals surface area (Å²) in [5.41, 5.74) is 5.02. The van der Waals surface area contributed by atoms with Crippen LogP contribution in [0, 0.1) is 18.6 Å². The van der Waals surface area contributed by atoms with E-state index in [2.05, 4.69) is 0 Å². The molecule has 0 aromatic heterocycles. The Balaban J connectivity index is 1.67. The molecule has 3 rings (SSSR count). The SMILES string of the molecule is Cc1cc(OCC2=C(Cc3ccc(F)cc3)CCC2)c(F)cc1CCC(=O)O. The average molecular weight is 386 g/mol. The topological polar surface area (TPSA) is 46.5 Å². The monoisotopic (exact) mass is 386 g/mol. The molecule has 0 heterocycles. The van der Waals surface area contributed by atoms with Gasteiger partial charge in [0.25, 0.3) is 0 Å². The fourth-order valence-corrected chi connectivity index (χ4v) is 3.59. The molecule has 0 saturated heterocycles. The summed E-state index contributed by atoms with van der Waals surface area (Å²) in [6.45, 7) is 2.17. The Labute approximate surface area is 163 Å². The van der Waals surface area contributed by atoms with Crippen molar-refractivity contribution < 1.29 is 23.4 Å². The first-order chi connectivity index (χ1) is 13.4. The van der Waals surface area contributed by atoms with Crippen molar-refractivity contribution in [2.45, 2.75) is 45.4 Å². The quantitative estimate of drug-likeness (QED) is 0.619. The van der Waals surface area contributed by atoms with Crippen LogP contribution >= 0.6 is 0 Å². The highest BCUT2D eigenvalue weighted by atomic mass is 19.1. The van der Waals surface area contributed by atoms with Gasteiger partial charge in [0.05, 0.1) is 0 Å². The van der Waals surface area contributed by atoms with Crippen LogP contribution < -0.4 is 4.74 Å². The lowest BCUT2D eigenvalue weighted by molar-refractivity contribution is -0.136. The Hall–Kier alpha value is -2.69. The first-order valence-corrected chi connectivity index (χ1v) is 9.50. The normalized spacial score (nSPS) is 13.8. The number of hydrogen-bond donors (Lipinski definition) is 1. The lowest BCUT2D eigenvalue weighted by Gasteiger charge is -2.13. The van der Waals surface area contributed by atoms with Gasteiger partial charge in [-0.3, -0.25) is 4.79 Å². The Morgan fingerprint density at radius 3 is 2.54 bits per heavy atom. The predicted molar refractivity (Wildman–Crippen MR) is 104 cm³/mol. The van der Waals surface area contributed by atoms with Gasteiger partial charge in [0.15, 0.2) is 11.6 Å². The van der Waals surface area contributed by atoms with Gasteiger partial charge in [-0.05, 0) is 85.6 Å². The summed E-state index contributed by atoms with van der Waals surface area (Å²) in [5.74, 6) is -1.42. The Morgan fingerprint density at radius 2 is 1.82 bits per heavy atom. The van der Waals surface area contributed by atoms with E-state index in [1.807, 2.05) is 6.92 Å². The average Bonchev–Trinajstić information content (AvgIpc) is 3.09. The molecule has 0 spiro atoms. The number of benzene rings is 2. The molecule has 0 atom stereocenters. The van der Waals surface area contributed by atoms with E-state index in [1.165, 1.54) is 29.3 Å². The van der Waals surface area contributed by atoms with Gasteiger partial charge in [0, 0.05) is 6.42 Å². The van der Waals surface area contributed by atoms with E-state index in [0.29, 0.717) is 18.6 Å². The molecule has 1 aliphatic carbocycles. The standard InChI is InChI=1S/C23H24F2O3/c1-15-11-22(21(25)13-17(15)7-10-23(26)27)28-14-19-4-2-3-18(19)12-16-5-8-20(24)9-6-16/h5-6,8-9,11,13H,2-4,7,10,12,14H2,1H3,(H,26,27). The number of hydrogen-bond acceptors (Lipinski definition) is 2. The molecule has 2 aromatic rings. The Bertz CT molecular complexity index is 885. The molecule has 0 bridgehead atoms. The van der Waals surface area contributed by atoms with Crippen molar-refractivity contribution in [2.75, 3.05) is 6.61 Å². The molecule has 0 amide bonds. The first kappa shape index (κ1) is 20.1. The van der Waals surface area contributed by atoms with Gasteiger partial charge in [-0.2, -0.15) is 0 Å². The summed E-state index contributed by atoms with van der Waals surface area (Å²) in [7, 11) is 0. The highest BCUT2D eigenvalue weighted by Crippen LogP contribution is 2.30. The van der Waals surface area contributed by atoms with Crippen LogP contribution in [0.2, 0.25) is 0 Å². The molecular formula is C23H24F2O3. The van der Waals surface area contributed by atoms with Crippen LogP contribution in [0.3, 0.4) is 0 Å². The molecule has 1 N–H and O–H groups in total. The molecular weight excluding hydrogens is 362 g/mol. The molecule has 0 saturated carbocycles. The molecule has 28 heavy (non-hydrogen) atoms. The van der Waals surface area contributed by atoms with E-state index >= 15 is 0 Å². The second kappa shape index (κ2) is 9.00. The Kier molecular flexibility index (Phi) is 6.45. The number of carboxylic acids is 1. The number of aliphatic carboxylic acids is 1.